The summed E-state index contributed by atoms with van der Waals surface area (Å²) in [6.45, 7) is 13.0. The minimum Gasteiger partial charge on any atom is -0.457 e. The lowest BCUT2D eigenvalue weighted by Gasteiger charge is -2.37. The van der Waals surface area contributed by atoms with Crippen LogP contribution in [0.1, 0.15) is 85.6 Å². The van der Waals surface area contributed by atoms with Crippen LogP contribution in [0.5, 0.6) is 0 Å². The van der Waals surface area contributed by atoms with E-state index in [1.54, 1.807) is 49.1 Å². The number of esters is 1. The van der Waals surface area contributed by atoms with Crippen LogP contribution in [0.2, 0.25) is 0 Å². The van der Waals surface area contributed by atoms with Crippen molar-refractivity contribution >= 4 is 12.1 Å². The number of epoxide rings is 1. The van der Waals surface area contributed by atoms with Gasteiger partial charge in [0.2, 0.25) is 0 Å². The molecule has 4 aliphatic heterocycles. The third kappa shape index (κ3) is 10.3. The van der Waals surface area contributed by atoms with Gasteiger partial charge in [-0.25, -0.2) is 4.79 Å². The first-order chi connectivity index (χ1) is 24.6. The number of fused-ring (bicyclic) bond motifs is 2. The van der Waals surface area contributed by atoms with Crippen LogP contribution in [0.25, 0.3) is 0 Å². The molecule has 2 bridgehead atoms. The van der Waals surface area contributed by atoms with Gasteiger partial charge >= 0.3 is 12.1 Å². The van der Waals surface area contributed by atoms with Crippen molar-refractivity contribution in [3.8, 4) is 0 Å². The van der Waals surface area contributed by atoms with Crippen molar-refractivity contribution in [3.63, 3.8) is 0 Å². The van der Waals surface area contributed by atoms with Crippen LogP contribution in [-0.2, 0) is 25.5 Å². The normalized spacial score (nSPS) is 35.4. The van der Waals surface area contributed by atoms with Crippen LogP contribution in [0.3, 0.4) is 0 Å². The van der Waals surface area contributed by atoms with E-state index >= 15 is 0 Å². The highest BCUT2D eigenvalue weighted by Crippen LogP contribution is 2.38. The van der Waals surface area contributed by atoms with Crippen molar-refractivity contribution in [1.29, 1.82) is 0 Å². The van der Waals surface area contributed by atoms with Gasteiger partial charge in [-0.05, 0) is 63.7 Å². The Morgan fingerprint density at radius 2 is 1.92 bits per heavy atom. The lowest BCUT2D eigenvalue weighted by Crippen LogP contribution is -2.51. The SMILES string of the molecule is CCC(O)C(C)C1OC1CC(C)(O)C=CC=C(C)C1OC(=O)CC(O)CCC(C)(O)C(OC(=O)N2CC3CC2CN3Cc2ccccc2)C=CC1C. The second-order valence-corrected chi connectivity index (χ2v) is 16.1. The lowest BCUT2D eigenvalue weighted by molar-refractivity contribution is -0.151. The van der Waals surface area contributed by atoms with Crippen molar-refractivity contribution in [2.45, 2.75) is 147 Å². The molecule has 11 nitrogen and oxygen atoms in total. The summed E-state index contributed by atoms with van der Waals surface area (Å²) < 4.78 is 17.7. The van der Waals surface area contributed by atoms with E-state index in [-0.39, 0.29) is 55.4 Å². The molecule has 4 aliphatic rings. The van der Waals surface area contributed by atoms with E-state index < -0.39 is 47.7 Å². The molecule has 52 heavy (non-hydrogen) atoms. The Labute approximate surface area is 308 Å². The van der Waals surface area contributed by atoms with Crippen molar-refractivity contribution in [2.75, 3.05) is 13.1 Å². The Hall–Kier alpha value is -3.06. The first kappa shape index (κ1) is 40.1. The number of benzene rings is 1. The van der Waals surface area contributed by atoms with Crippen LogP contribution in [0, 0.1) is 11.8 Å². The van der Waals surface area contributed by atoms with Crippen LogP contribution in [-0.4, -0.2) is 115 Å². The average Bonchev–Trinajstić information content (AvgIpc) is 3.54. The molecule has 0 radical (unpaired) electrons. The summed E-state index contributed by atoms with van der Waals surface area (Å²) in [4.78, 5) is 30.7. The number of allylic oxidation sites excluding steroid dienone is 2. The van der Waals surface area contributed by atoms with Gasteiger partial charge in [-0.1, -0.05) is 75.4 Å². The number of hydrogen-bond donors (Lipinski definition) is 4. The van der Waals surface area contributed by atoms with E-state index in [0.29, 0.717) is 25.0 Å². The smallest absolute Gasteiger partial charge is 0.410 e. The molecule has 1 amide bonds. The molecule has 12 atom stereocenters. The third-order valence-electron chi connectivity index (χ3n) is 11.4. The summed E-state index contributed by atoms with van der Waals surface area (Å²) in [6, 6.07) is 10.6. The summed E-state index contributed by atoms with van der Waals surface area (Å²) in [5, 5.41) is 43.5. The van der Waals surface area contributed by atoms with Gasteiger partial charge in [-0.3, -0.25) is 9.69 Å². The quantitative estimate of drug-likeness (QED) is 0.110. The number of rotatable bonds is 11. The molecule has 0 saturated carbocycles. The highest BCUT2D eigenvalue weighted by Gasteiger charge is 2.48. The first-order valence-corrected chi connectivity index (χ1v) is 19.0. The van der Waals surface area contributed by atoms with E-state index in [4.69, 9.17) is 14.2 Å². The van der Waals surface area contributed by atoms with Crippen molar-refractivity contribution in [1.82, 2.24) is 9.80 Å². The zero-order valence-corrected chi connectivity index (χ0v) is 31.6. The number of carbonyl (C=O) groups is 2. The molecule has 12 unspecified atom stereocenters. The minimum absolute atomic E-state index is 0.0148. The second kappa shape index (κ2) is 17.0. The Kier molecular flexibility index (Phi) is 13.1. The first-order valence-electron chi connectivity index (χ1n) is 19.0. The predicted molar refractivity (Wildman–Crippen MR) is 197 cm³/mol. The molecule has 288 valence electrons. The van der Waals surface area contributed by atoms with E-state index in [9.17, 15) is 30.0 Å². The fourth-order valence-electron chi connectivity index (χ4n) is 7.96. The number of cyclic esters (lactones) is 1. The van der Waals surface area contributed by atoms with Crippen LogP contribution >= 0.6 is 0 Å². The number of piperazine rings is 1. The van der Waals surface area contributed by atoms with Gasteiger partial charge in [0.1, 0.15) is 11.7 Å². The van der Waals surface area contributed by atoms with Gasteiger partial charge in [0.05, 0.1) is 36.4 Å². The molecular weight excluding hydrogens is 664 g/mol. The fourth-order valence-corrected chi connectivity index (χ4v) is 7.96. The second-order valence-electron chi connectivity index (χ2n) is 16.1. The van der Waals surface area contributed by atoms with E-state index in [1.807, 2.05) is 45.9 Å². The molecule has 1 aromatic carbocycles. The number of hydrogen-bond acceptors (Lipinski definition) is 10. The molecule has 11 heteroatoms. The maximum absolute atomic E-state index is 13.6. The van der Waals surface area contributed by atoms with Crippen LogP contribution < -0.4 is 0 Å². The molecule has 1 aromatic rings. The summed E-state index contributed by atoms with van der Waals surface area (Å²) in [7, 11) is 0. The number of carbonyl (C=O) groups excluding carboxylic acids is 2. The molecule has 4 heterocycles. The van der Waals surface area contributed by atoms with Crippen molar-refractivity contribution in [2.24, 2.45) is 11.8 Å². The van der Waals surface area contributed by atoms with Gasteiger partial charge < -0.3 is 39.5 Å². The molecule has 4 N–H and O–H groups in total. The Bertz CT molecular complexity index is 1460. The zero-order chi connectivity index (χ0) is 37.8. The maximum Gasteiger partial charge on any atom is 0.410 e. The van der Waals surface area contributed by atoms with Crippen molar-refractivity contribution < 1.29 is 44.2 Å². The number of nitrogens with zero attached hydrogens (tertiary/aromatic N) is 2. The summed E-state index contributed by atoms with van der Waals surface area (Å²) in [6.07, 6.45) is 6.62. The monoisotopic (exact) mass is 724 g/mol. The average molecular weight is 725 g/mol. The minimum atomic E-state index is -1.50. The molecule has 0 aromatic heterocycles. The molecular formula is C41H60N2O9. The van der Waals surface area contributed by atoms with E-state index in [1.165, 1.54) is 5.56 Å². The van der Waals surface area contributed by atoms with Gasteiger partial charge in [0.25, 0.3) is 0 Å². The topological polar surface area (TPSA) is 153 Å². The van der Waals surface area contributed by atoms with E-state index in [2.05, 4.69) is 17.0 Å². The van der Waals surface area contributed by atoms with Gasteiger partial charge in [-0.2, -0.15) is 0 Å². The maximum atomic E-state index is 13.6. The lowest BCUT2D eigenvalue weighted by atomic mass is 9.88. The Morgan fingerprint density at radius 3 is 2.60 bits per heavy atom. The van der Waals surface area contributed by atoms with Crippen molar-refractivity contribution in [3.05, 3.63) is 71.8 Å². The molecule has 3 saturated heterocycles. The third-order valence-corrected chi connectivity index (χ3v) is 11.4. The number of amides is 1. The summed E-state index contributed by atoms with van der Waals surface area (Å²) >= 11 is 0. The fraction of sp³-hybridized carbons (Fsp3) is 0.659. The summed E-state index contributed by atoms with van der Waals surface area (Å²) in [5.74, 6) is -0.960. The molecule has 0 spiro atoms. The largest absolute Gasteiger partial charge is 0.457 e. The zero-order valence-electron chi connectivity index (χ0n) is 31.6. The Morgan fingerprint density at radius 1 is 1.19 bits per heavy atom. The molecule has 5 rings (SSSR count). The highest BCUT2D eigenvalue weighted by molar-refractivity contribution is 5.71. The van der Waals surface area contributed by atoms with E-state index in [0.717, 1.165) is 19.5 Å². The van der Waals surface area contributed by atoms with Gasteiger partial charge in [0, 0.05) is 50.0 Å². The van der Waals surface area contributed by atoms with Crippen LogP contribution in [0.4, 0.5) is 4.79 Å². The number of aliphatic hydroxyl groups excluding tert-OH is 2. The predicted octanol–water partition coefficient (Wildman–Crippen LogP) is 4.67. The highest BCUT2D eigenvalue weighted by atomic mass is 16.6. The molecule has 0 aliphatic carbocycles. The molecule has 3 fully saturated rings. The number of aliphatic hydroxyl groups is 4. The van der Waals surface area contributed by atoms with Crippen LogP contribution in [0.15, 0.2) is 66.3 Å². The van der Waals surface area contributed by atoms with Gasteiger partial charge in [0.15, 0.2) is 6.10 Å². The number of ether oxygens (including phenoxy) is 3. The standard InChI is InChI=1S/C41H60N2O9/c1-7-33(45)28(4)38-34(50-38)22-40(5,48)18-11-12-26(2)37-27(3)15-16-35(41(6,49)19-17-32(44)21-36(46)52-37)51-39(47)43-25-30-20-31(43)24-42(30)23-29-13-9-8-10-14-29/h8-16,18,27-28,30-35,37-38,44-45,48-49H,7,17,19-25H2,1-6H3. The van der Waals surface area contributed by atoms with Gasteiger partial charge in [-0.15, -0.1) is 0 Å². The Balaban J connectivity index is 1.24. The number of likely N-dealkylation sites (tertiary alicyclic amines) is 2. The summed E-state index contributed by atoms with van der Waals surface area (Å²) in [5.41, 5.74) is -0.718.